The van der Waals surface area contributed by atoms with Crippen molar-refractivity contribution in [2.75, 3.05) is 6.54 Å². The third-order valence-electron chi connectivity index (χ3n) is 2.29. The molecule has 4 heteroatoms. The van der Waals surface area contributed by atoms with Gasteiger partial charge in [-0.25, -0.2) is 0 Å². The van der Waals surface area contributed by atoms with Crippen molar-refractivity contribution in [1.82, 2.24) is 0 Å². The van der Waals surface area contributed by atoms with Crippen LogP contribution >= 0.6 is 23.2 Å². The average Bonchev–Trinajstić information content (AvgIpc) is 2.12. The Morgan fingerprint density at radius 3 is 2.67 bits per heavy atom. The van der Waals surface area contributed by atoms with Crippen molar-refractivity contribution in [2.24, 2.45) is 5.73 Å². The van der Waals surface area contributed by atoms with Gasteiger partial charge in [-0.05, 0) is 31.5 Å². The van der Waals surface area contributed by atoms with Crippen LogP contribution in [0.1, 0.15) is 18.9 Å². The first kappa shape index (κ1) is 12.8. The summed E-state index contributed by atoms with van der Waals surface area (Å²) in [5.41, 5.74) is 5.44. The van der Waals surface area contributed by atoms with Crippen LogP contribution in [-0.2, 0) is 6.42 Å². The highest BCUT2D eigenvalue weighted by Crippen LogP contribution is 2.28. The SMILES string of the molecule is CC(O)(CCN)Cc1cccc(Cl)c1Cl. The van der Waals surface area contributed by atoms with Gasteiger partial charge in [0, 0.05) is 6.42 Å². The third kappa shape index (κ3) is 3.65. The van der Waals surface area contributed by atoms with Crippen molar-refractivity contribution in [3.05, 3.63) is 33.8 Å². The molecule has 0 heterocycles. The number of benzene rings is 1. The zero-order chi connectivity index (χ0) is 11.5. The summed E-state index contributed by atoms with van der Waals surface area (Å²) in [5, 5.41) is 11.0. The van der Waals surface area contributed by atoms with Crippen LogP contribution in [0.5, 0.6) is 0 Å². The van der Waals surface area contributed by atoms with E-state index < -0.39 is 5.60 Å². The fourth-order valence-corrected chi connectivity index (χ4v) is 1.88. The molecular formula is C11H15Cl2NO. The predicted octanol–water partition coefficient (Wildman–Crippen LogP) is 2.64. The zero-order valence-corrected chi connectivity index (χ0v) is 10.1. The molecule has 0 aromatic heterocycles. The summed E-state index contributed by atoms with van der Waals surface area (Å²) in [6.07, 6.45) is 0.999. The predicted molar refractivity (Wildman–Crippen MR) is 64.5 cm³/mol. The molecule has 2 nitrogen and oxygen atoms in total. The number of halogens is 2. The second kappa shape index (κ2) is 5.17. The van der Waals surface area contributed by atoms with Gasteiger partial charge in [0.05, 0.1) is 15.6 Å². The maximum absolute atomic E-state index is 10.0. The first-order valence-electron chi connectivity index (χ1n) is 4.81. The maximum atomic E-state index is 10.0. The van der Waals surface area contributed by atoms with Crippen LogP contribution in [0.2, 0.25) is 10.0 Å². The minimum Gasteiger partial charge on any atom is -0.390 e. The van der Waals surface area contributed by atoms with Crippen LogP contribution in [0.3, 0.4) is 0 Å². The number of nitrogens with two attached hydrogens (primary N) is 1. The van der Waals surface area contributed by atoms with Crippen molar-refractivity contribution in [3.8, 4) is 0 Å². The van der Waals surface area contributed by atoms with Crippen molar-refractivity contribution >= 4 is 23.2 Å². The van der Waals surface area contributed by atoms with Gasteiger partial charge in [0.1, 0.15) is 0 Å². The highest BCUT2D eigenvalue weighted by atomic mass is 35.5. The van der Waals surface area contributed by atoms with Crippen LogP contribution in [0.25, 0.3) is 0 Å². The van der Waals surface area contributed by atoms with E-state index in [1.165, 1.54) is 0 Å². The van der Waals surface area contributed by atoms with Gasteiger partial charge in [-0.15, -0.1) is 0 Å². The topological polar surface area (TPSA) is 46.2 Å². The van der Waals surface area contributed by atoms with Crippen LogP contribution in [0.15, 0.2) is 18.2 Å². The number of hydrogen-bond acceptors (Lipinski definition) is 2. The van der Waals surface area contributed by atoms with Gasteiger partial charge in [0.25, 0.3) is 0 Å². The molecule has 0 bridgehead atoms. The van der Waals surface area contributed by atoms with E-state index in [4.69, 9.17) is 28.9 Å². The largest absolute Gasteiger partial charge is 0.390 e. The van der Waals surface area contributed by atoms with Crippen molar-refractivity contribution < 1.29 is 5.11 Å². The lowest BCUT2D eigenvalue weighted by atomic mass is 9.93. The molecule has 0 saturated heterocycles. The average molecular weight is 248 g/mol. The molecule has 1 aromatic carbocycles. The third-order valence-corrected chi connectivity index (χ3v) is 3.14. The molecule has 3 N–H and O–H groups in total. The van der Waals surface area contributed by atoms with Gasteiger partial charge in [0.2, 0.25) is 0 Å². The number of rotatable bonds is 4. The molecule has 0 amide bonds. The molecule has 0 aliphatic heterocycles. The number of hydrogen-bond donors (Lipinski definition) is 2. The number of aliphatic hydroxyl groups is 1. The van der Waals surface area contributed by atoms with Crippen molar-refractivity contribution in [1.29, 1.82) is 0 Å². The van der Waals surface area contributed by atoms with Gasteiger partial charge < -0.3 is 10.8 Å². The molecule has 1 unspecified atom stereocenters. The highest BCUT2D eigenvalue weighted by Gasteiger charge is 2.21. The van der Waals surface area contributed by atoms with E-state index in [-0.39, 0.29) is 0 Å². The molecule has 0 radical (unpaired) electrons. The van der Waals surface area contributed by atoms with Gasteiger partial charge in [-0.3, -0.25) is 0 Å². The fourth-order valence-electron chi connectivity index (χ4n) is 1.49. The van der Waals surface area contributed by atoms with Crippen LogP contribution in [0, 0.1) is 0 Å². The molecule has 1 aromatic rings. The molecule has 15 heavy (non-hydrogen) atoms. The molecule has 0 spiro atoms. The molecule has 0 fully saturated rings. The molecule has 1 atom stereocenters. The lowest BCUT2D eigenvalue weighted by molar-refractivity contribution is 0.0539. The molecule has 1 rings (SSSR count). The minimum absolute atomic E-state index is 0.450. The lowest BCUT2D eigenvalue weighted by Gasteiger charge is -2.23. The summed E-state index contributed by atoms with van der Waals surface area (Å²) in [4.78, 5) is 0. The summed E-state index contributed by atoms with van der Waals surface area (Å²) >= 11 is 11.9. The standard InChI is InChI=1S/C11H15Cl2NO/c1-11(15,5-6-14)7-8-3-2-4-9(12)10(8)13/h2-4,15H,5-7,14H2,1H3. The Bertz CT molecular complexity index is 339. The normalized spacial score (nSPS) is 15.0. The fraction of sp³-hybridized carbons (Fsp3) is 0.455. The van der Waals surface area contributed by atoms with Gasteiger partial charge in [-0.1, -0.05) is 35.3 Å². The Morgan fingerprint density at radius 1 is 1.40 bits per heavy atom. The molecule has 0 aliphatic rings. The first-order chi connectivity index (χ1) is 6.96. The summed E-state index contributed by atoms with van der Waals surface area (Å²) in [6, 6.07) is 5.41. The second-order valence-electron chi connectivity index (χ2n) is 3.93. The van der Waals surface area contributed by atoms with Crippen LogP contribution < -0.4 is 5.73 Å². The maximum Gasteiger partial charge on any atom is 0.0672 e. The van der Waals surface area contributed by atoms with Gasteiger partial charge in [0.15, 0.2) is 0 Å². The summed E-state index contributed by atoms with van der Waals surface area (Å²) in [5.74, 6) is 0. The Morgan fingerprint density at radius 2 is 2.07 bits per heavy atom. The Labute approximate surface area is 100.0 Å². The van der Waals surface area contributed by atoms with Gasteiger partial charge in [-0.2, -0.15) is 0 Å². The molecule has 84 valence electrons. The Kier molecular flexibility index (Phi) is 4.41. The monoisotopic (exact) mass is 247 g/mol. The Balaban J connectivity index is 2.85. The van der Waals surface area contributed by atoms with Crippen LogP contribution in [0.4, 0.5) is 0 Å². The zero-order valence-electron chi connectivity index (χ0n) is 8.63. The van der Waals surface area contributed by atoms with E-state index in [1.807, 2.05) is 12.1 Å². The van der Waals surface area contributed by atoms with Crippen LogP contribution in [-0.4, -0.2) is 17.3 Å². The van der Waals surface area contributed by atoms with E-state index >= 15 is 0 Å². The first-order valence-corrected chi connectivity index (χ1v) is 5.57. The minimum atomic E-state index is -0.830. The van der Waals surface area contributed by atoms with Crippen molar-refractivity contribution in [2.45, 2.75) is 25.4 Å². The van der Waals surface area contributed by atoms with E-state index in [1.54, 1.807) is 13.0 Å². The van der Waals surface area contributed by atoms with Crippen molar-refractivity contribution in [3.63, 3.8) is 0 Å². The highest BCUT2D eigenvalue weighted by molar-refractivity contribution is 6.42. The van der Waals surface area contributed by atoms with E-state index in [0.29, 0.717) is 29.4 Å². The molecule has 0 saturated carbocycles. The van der Waals surface area contributed by atoms with E-state index in [0.717, 1.165) is 5.56 Å². The molecular weight excluding hydrogens is 233 g/mol. The summed E-state index contributed by atoms with van der Waals surface area (Å²) in [6.45, 7) is 2.20. The summed E-state index contributed by atoms with van der Waals surface area (Å²) in [7, 11) is 0. The van der Waals surface area contributed by atoms with E-state index in [2.05, 4.69) is 0 Å². The smallest absolute Gasteiger partial charge is 0.0672 e. The van der Waals surface area contributed by atoms with E-state index in [9.17, 15) is 5.11 Å². The Hall–Kier alpha value is -0.280. The second-order valence-corrected chi connectivity index (χ2v) is 4.71. The quantitative estimate of drug-likeness (QED) is 0.860. The molecule has 0 aliphatic carbocycles. The lowest BCUT2D eigenvalue weighted by Crippen LogP contribution is -2.30. The summed E-state index contributed by atoms with van der Waals surface area (Å²) < 4.78 is 0. The van der Waals surface area contributed by atoms with Gasteiger partial charge >= 0.3 is 0 Å².